The maximum atomic E-state index is 11.7. The summed E-state index contributed by atoms with van der Waals surface area (Å²) in [7, 11) is 4.60. The monoisotopic (exact) mass is 400 g/mol. The number of hydrogen-bond acceptors (Lipinski definition) is 6. The van der Waals surface area contributed by atoms with Crippen molar-refractivity contribution in [3.8, 4) is 11.5 Å². The third-order valence-corrected chi connectivity index (χ3v) is 3.76. The van der Waals surface area contributed by atoms with Crippen LogP contribution in [0.25, 0.3) is 0 Å². The van der Waals surface area contributed by atoms with E-state index in [1.54, 1.807) is 13.2 Å². The highest BCUT2D eigenvalue weighted by atomic mass is 79.9. The van der Waals surface area contributed by atoms with Crippen LogP contribution < -0.4 is 20.5 Å². The van der Waals surface area contributed by atoms with Gasteiger partial charge in [-0.15, -0.1) is 0 Å². The van der Waals surface area contributed by atoms with Gasteiger partial charge in [-0.3, -0.25) is 10.2 Å². The summed E-state index contributed by atoms with van der Waals surface area (Å²) in [4.78, 5) is 11.7. The van der Waals surface area contributed by atoms with E-state index in [9.17, 15) is 4.79 Å². The molecule has 1 aromatic carbocycles. The van der Waals surface area contributed by atoms with Crippen molar-refractivity contribution < 1.29 is 9.47 Å². The predicted octanol–water partition coefficient (Wildman–Crippen LogP) is 2.66. The van der Waals surface area contributed by atoms with E-state index in [0.29, 0.717) is 22.7 Å². The van der Waals surface area contributed by atoms with Gasteiger partial charge in [-0.05, 0) is 12.1 Å². The summed E-state index contributed by atoms with van der Waals surface area (Å²) in [5, 5.41) is 7.95. The average molecular weight is 402 g/mol. The molecule has 0 aliphatic carbocycles. The van der Waals surface area contributed by atoms with E-state index in [-0.39, 0.29) is 5.02 Å². The highest BCUT2D eigenvalue weighted by Crippen LogP contribution is 2.33. The van der Waals surface area contributed by atoms with Crippen LogP contribution in [0, 0.1) is 0 Å². The second kappa shape index (κ2) is 7.47. The fraction of sp³-hybridized carbons (Fsp3) is 0.214. The van der Waals surface area contributed by atoms with Gasteiger partial charge in [0, 0.05) is 17.1 Å². The summed E-state index contributed by atoms with van der Waals surface area (Å²) in [5.74, 6) is 1.10. The quantitative estimate of drug-likeness (QED) is 0.615. The molecule has 0 aliphatic heterocycles. The van der Waals surface area contributed by atoms with E-state index in [2.05, 4.69) is 31.6 Å². The maximum Gasteiger partial charge on any atom is 0.287 e. The molecule has 1 aromatic heterocycles. The molecule has 1 N–H and O–H groups in total. The summed E-state index contributed by atoms with van der Waals surface area (Å²) < 4.78 is 12.5. The number of nitrogens with zero attached hydrogens (tertiary/aromatic N) is 3. The Morgan fingerprint density at radius 3 is 2.78 bits per heavy atom. The normalized spacial score (nSPS) is 10.8. The Balaban J connectivity index is 2.30. The SMILES string of the molecule is COc1cc(Br)cc(/C=N\Nc2cnn(C)c(=O)c2Cl)c1OC. The van der Waals surface area contributed by atoms with Crippen molar-refractivity contribution in [1.82, 2.24) is 9.78 Å². The zero-order valence-corrected chi connectivity index (χ0v) is 15.0. The van der Waals surface area contributed by atoms with Crippen molar-refractivity contribution in [1.29, 1.82) is 0 Å². The van der Waals surface area contributed by atoms with E-state index in [4.69, 9.17) is 21.1 Å². The Labute approximate surface area is 146 Å². The largest absolute Gasteiger partial charge is 0.493 e. The van der Waals surface area contributed by atoms with Crippen LogP contribution >= 0.6 is 27.5 Å². The lowest BCUT2D eigenvalue weighted by Crippen LogP contribution is -2.20. The van der Waals surface area contributed by atoms with Crippen LogP contribution in [-0.4, -0.2) is 30.2 Å². The van der Waals surface area contributed by atoms with E-state index < -0.39 is 5.56 Å². The molecule has 0 atom stereocenters. The van der Waals surface area contributed by atoms with Gasteiger partial charge in [-0.2, -0.15) is 10.2 Å². The second-order valence-corrected chi connectivity index (χ2v) is 5.70. The summed E-state index contributed by atoms with van der Waals surface area (Å²) >= 11 is 9.34. The second-order valence-electron chi connectivity index (χ2n) is 4.40. The molecule has 7 nitrogen and oxygen atoms in total. The summed E-state index contributed by atoms with van der Waals surface area (Å²) in [5.41, 5.74) is 3.27. The minimum Gasteiger partial charge on any atom is -0.493 e. The number of benzene rings is 1. The third-order valence-electron chi connectivity index (χ3n) is 2.94. The van der Waals surface area contributed by atoms with Crippen LogP contribution in [0.15, 0.2) is 32.7 Å². The first-order valence-electron chi connectivity index (χ1n) is 6.40. The molecule has 0 aliphatic rings. The molecule has 0 saturated carbocycles. The van der Waals surface area contributed by atoms with Gasteiger partial charge in [0.15, 0.2) is 11.5 Å². The van der Waals surface area contributed by atoms with Gasteiger partial charge in [0.05, 0.1) is 26.6 Å². The lowest BCUT2D eigenvalue weighted by atomic mass is 10.2. The van der Waals surface area contributed by atoms with E-state index in [1.165, 1.54) is 26.6 Å². The van der Waals surface area contributed by atoms with Crippen molar-refractivity contribution in [3.63, 3.8) is 0 Å². The number of halogens is 2. The van der Waals surface area contributed by atoms with Crippen molar-refractivity contribution >= 4 is 39.4 Å². The molecule has 23 heavy (non-hydrogen) atoms. The average Bonchev–Trinajstić information content (AvgIpc) is 2.54. The maximum absolute atomic E-state index is 11.7. The standard InChI is InChI=1S/C14H14BrClN4O3/c1-20-14(21)12(16)10(7-18-20)19-17-6-8-4-9(15)5-11(22-2)13(8)23-3/h4-7,19H,1-3H3/b17-6-. The number of anilines is 1. The van der Waals surface area contributed by atoms with Crippen LogP contribution in [-0.2, 0) is 7.05 Å². The van der Waals surface area contributed by atoms with Crippen LogP contribution in [0.1, 0.15) is 5.56 Å². The van der Waals surface area contributed by atoms with Gasteiger partial charge in [-0.1, -0.05) is 27.5 Å². The van der Waals surface area contributed by atoms with Crippen LogP contribution in [0.2, 0.25) is 5.02 Å². The smallest absolute Gasteiger partial charge is 0.287 e. The molecule has 0 radical (unpaired) electrons. The first-order valence-corrected chi connectivity index (χ1v) is 7.57. The number of hydrazone groups is 1. The molecule has 2 aromatic rings. The van der Waals surface area contributed by atoms with Crippen molar-refractivity contribution in [2.24, 2.45) is 12.1 Å². The molecule has 0 amide bonds. The highest BCUT2D eigenvalue weighted by molar-refractivity contribution is 9.10. The van der Waals surface area contributed by atoms with E-state index >= 15 is 0 Å². The van der Waals surface area contributed by atoms with Crippen molar-refractivity contribution in [2.45, 2.75) is 0 Å². The van der Waals surface area contributed by atoms with Crippen molar-refractivity contribution in [3.05, 3.63) is 43.7 Å². The predicted molar refractivity (Wildman–Crippen MR) is 93.0 cm³/mol. The lowest BCUT2D eigenvalue weighted by Gasteiger charge is -2.11. The first kappa shape index (κ1) is 17.3. The highest BCUT2D eigenvalue weighted by Gasteiger charge is 2.10. The minimum absolute atomic E-state index is 0.0124. The summed E-state index contributed by atoms with van der Waals surface area (Å²) in [6, 6.07) is 3.60. The summed E-state index contributed by atoms with van der Waals surface area (Å²) in [6.45, 7) is 0. The zero-order chi connectivity index (χ0) is 17.0. The number of hydrogen-bond donors (Lipinski definition) is 1. The molecule has 0 saturated heterocycles. The Hall–Kier alpha value is -2.06. The minimum atomic E-state index is -0.409. The fourth-order valence-electron chi connectivity index (χ4n) is 1.81. The molecule has 122 valence electrons. The van der Waals surface area contributed by atoms with E-state index in [0.717, 1.165) is 9.15 Å². The zero-order valence-electron chi connectivity index (χ0n) is 12.6. The van der Waals surface area contributed by atoms with Crippen LogP contribution in [0.5, 0.6) is 11.5 Å². The number of methoxy groups -OCH3 is 2. The molecule has 0 unspecified atom stereocenters. The number of aryl methyl sites for hydroxylation is 1. The number of aromatic nitrogens is 2. The molecule has 0 fully saturated rings. The number of nitrogens with one attached hydrogen (secondary N) is 1. The molecular weight excluding hydrogens is 388 g/mol. The van der Waals surface area contributed by atoms with E-state index in [1.807, 2.05) is 6.07 Å². The Morgan fingerprint density at radius 2 is 2.13 bits per heavy atom. The molecule has 0 bridgehead atoms. The molecule has 9 heteroatoms. The summed E-state index contributed by atoms with van der Waals surface area (Å²) in [6.07, 6.45) is 2.94. The van der Waals surface area contributed by atoms with Gasteiger partial charge in [0.1, 0.15) is 10.7 Å². The third kappa shape index (κ3) is 3.83. The Bertz CT molecular complexity index is 807. The first-order chi connectivity index (χ1) is 11.0. The molecule has 2 rings (SSSR count). The van der Waals surface area contributed by atoms with Gasteiger partial charge in [0.2, 0.25) is 0 Å². The van der Waals surface area contributed by atoms with Gasteiger partial charge >= 0.3 is 0 Å². The Kier molecular flexibility index (Phi) is 5.62. The molecule has 1 heterocycles. The van der Waals surface area contributed by atoms with Gasteiger partial charge in [-0.25, -0.2) is 4.68 Å². The Morgan fingerprint density at radius 1 is 1.39 bits per heavy atom. The molecule has 0 spiro atoms. The molecular formula is C14H14BrClN4O3. The van der Waals surface area contributed by atoms with Crippen molar-refractivity contribution in [2.75, 3.05) is 19.6 Å². The van der Waals surface area contributed by atoms with Crippen LogP contribution in [0.3, 0.4) is 0 Å². The topological polar surface area (TPSA) is 77.7 Å². The van der Waals surface area contributed by atoms with Gasteiger partial charge in [0.25, 0.3) is 5.56 Å². The fourth-order valence-corrected chi connectivity index (χ4v) is 2.48. The lowest BCUT2D eigenvalue weighted by molar-refractivity contribution is 0.354. The number of rotatable bonds is 5. The van der Waals surface area contributed by atoms with Gasteiger partial charge < -0.3 is 9.47 Å². The number of ether oxygens (including phenoxy) is 2. The van der Waals surface area contributed by atoms with Crippen LogP contribution in [0.4, 0.5) is 5.69 Å².